The van der Waals surface area contributed by atoms with Crippen LogP contribution >= 0.6 is 22.9 Å². The number of hydrogen-bond acceptors (Lipinski definition) is 4. The van der Waals surface area contributed by atoms with Gasteiger partial charge >= 0.3 is 0 Å². The highest BCUT2D eigenvalue weighted by Crippen LogP contribution is 2.18. The van der Waals surface area contributed by atoms with Gasteiger partial charge in [0.05, 0.1) is 0 Å². The van der Waals surface area contributed by atoms with E-state index in [0.717, 1.165) is 5.56 Å². The molecule has 0 unspecified atom stereocenters. The predicted octanol–water partition coefficient (Wildman–Crippen LogP) is 4.62. The largest absolute Gasteiger partial charge is 0.321 e. The summed E-state index contributed by atoms with van der Waals surface area (Å²) in [6.07, 6.45) is 1.01. The summed E-state index contributed by atoms with van der Waals surface area (Å²) in [4.78, 5) is 28.4. The fraction of sp³-hybridized carbons (Fsp3) is 0.105. The first-order valence-electron chi connectivity index (χ1n) is 7.96. The molecule has 7 heteroatoms. The maximum atomic E-state index is 12.2. The highest BCUT2D eigenvalue weighted by atomic mass is 35.5. The van der Waals surface area contributed by atoms with Gasteiger partial charge in [-0.3, -0.25) is 9.59 Å². The molecule has 2 amide bonds. The summed E-state index contributed by atoms with van der Waals surface area (Å²) in [6.45, 7) is 0. The molecule has 3 rings (SSSR count). The van der Waals surface area contributed by atoms with Crippen LogP contribution in [0.15, 0.2) is 60.0 Å². The minimum absolute atomic E-state index is 0.132. The molecule has 1 aromatic heterocycles. The fourth-order valence-corrected chi connectivity index (χ4v) is 3.08. The summed E-state index contributed by atoms with van der Waals surface area (Å²) in [6, 6.07) is 16.6. The van der Waals surface area contributed by atoms with Crippen molar-refractivity contribution in [3.05, 3.63) is 76.3 Å². The predicted molar refractivity (Wildman–Crippen MR) is 105 cm³/mol. The first-order chi connectivity index (χ1) is 12.6. The monoisotopic (exact) mass is 385 g/mol. The van der Waals surface area contributed by atoms with E-state index in [1.54, 1.807) is 29.6 Å². The van der Waals surface area contributed by atoms with Crippen molar-refractivity contribution in [2.24, 2.45) is 0 Å². The van der Waals surface area contributed by atoms with Gasteiger partial charge < -0.3 is 10.6 Å². The van der Waals surface area contributed by atoms with Gasteiger partial charge in [0.25, 0.3) is 5.91 Å². The molecule has 0 saturated heterocycles. The van der Waals surface area contributed by atoms with Crippen molar-refractivity contribution < 1.29 is 9.59 Å². The Bertz CT molecular complexity index is 895. The van der Waals surface area contributed by atoms with Crippen LogP contribution in [0.5, 0.6) is 0 Å². The van der Waals surface area contributed by atoms with E-state index in [-0.39, 0.29) is 17.5 Å². The molecule has 1 heterocycles. The van der Waals surface area contributed by atoms with Crippen molar-refractivity contribution in [1.82, 2.24) is 4.98 Å². The molecule has 0 atom stereocenters. The maximum absolute atomic E-state index is 12.2. The lowest BCUT2D eigenvalue weighted by Crippen LogP contribution is -2.14. The number of hydrogen-bond donors (Lipinski definition) is 2. The Morgan fingerprint density at radius 3 is 2.46 bits per heavy atom. The molecule has 0 bridgehead atoms. The smallest absolute Gasteiger partial charge is 0.275 e. The first kappa shape index (κ1) is 18.1. The zero-order valence-electron chi connectivity index (χ0n) is 13.7. The summed E-state index contributed by atoms with van der Waals surface area (Å²) >= 11 is 7.03. The topological polar surface area (TPSA) is 71.1 Å². The second-order valence-electron chi connectivity index (χ2n) is 5.53. The molecule has 0 fully saturated rings. The second kappa shape index (κ2) is 8.60. The van der Waals surface area contributed by atoms with Crippen molar-refractivity contribution in [3.8, 4) is 0 Å². The molecule has 5 nitrogen and oxygen atoms in total. The normalized spacial score (nSPS) is 10.3. The molecule has 0 aliphatic carbocycles. The number of carbonyl (C=O) groups is 2. The number of nitrogens with zero attached hydrogens (tertiary/aromatic N) is 1. The lowest BCUT2D eigenvalue weighted by molar-refractivity contribution is -0.116. The van der Waals surface area contributed by atoms with Crippen LogP contribution in [-0.4, -0.2) is 16.8 Å². The van der Waals surface area contributed by atoms with Crippen LogP contribution in [0.4, 0.5) is 10.8 Å². The van der Waals surface area contributed by atoms with Gasteiger partial charge in [-0.25, -0.2) is 4.98 Å². The number of halogens is 1. The molecule has 0 aliphatic rings. The van der Waals surface area contributed by atoms with Gasteiger partial charge in [-0.05, 0) is 36.2 Å². The molecule has 132 valence electrons. The molecular formula is C19H16ClN3O2S. The molecule has 0 saturated carbocycles. The lowest BCUT2D eigenvalue weighted by atomic mass is 10.1. The van der Waals surface area contributed by atoms with Crippen LogP contribution in [0.2, 0.25) is 5.02 Å². The van der Waals surface area contributed by atoms with Crippen LogP contribution in [0.25, 0.3) is 0 Å². The lowest BCUT2D eigenvalue weighted by Gasteiger charge is -2.03. The Morgan fingerprint density at radius 2 is 1.73 bits per heavy atom. The fourth-order valence-electron chi connectivity index (χ4n) is 2.25. The van der Waals surface area contributed by atoms with Gasteiger partial charge in [0.2, 0.25) is 5.91 Å². The minimum atomic E-state index is -0.339. The summed E-state index contributed by atoms with van der Waals surface area (Å²) in [5.41, 5.74) is 1.98. The summed E-state index contributed by atoms with van der Waals surface area (Å²) in [5, 5.41) is 8.07. The summed E-state index contributed by atoms with van der Waals surface area (Å²) < 4.78 is 0. The SMILES string of the molecule is O=C(CCc1ccccc1)Nc1nc(C(=O)Nc2ccc(Cl)cc2)cs1. The van der Waals surface area contributed by atoms with E-state index >= 15 is 0 Å². The number of amides is 2. The van der Waals surface area contributed by atoms with Crippen molar-refractivity contribution in [1.29, 1.82) is 0 Å². The van der Waals surface area contributed by atoms with Crippen LogP contribution in [0.3, 0.4) is 0 Å². The van der Waals surface area contributed by atoms with E-state index in [4.69, 9.17) is 11.6 Å². The van der Waals surface area contributed by atoms with Gasteiger partial charge in [-0.1, -0.05) is 41.9 Å². The molecule has 0 radical (unpaired) electrons. The first-order valence-corrected chi connectivity index (χ1v) is 9.22. The Kier molecular flexibility index (Phi) is 5.99. The molecule has 3 aromatic rings. The van der Waals surface area contributed by atoms with Crippen molar-refractivity contribution >= 4 is 45.6 Å². The number of thiazole rings is 1. The Balaban J connectivity index is 1.52. The van der Waals surface area contributed by atoms with Crippen molar-refractivity contribution in [2.75, 3.05) is 10.6 Å². The van der Waals surface area contributed by atoms with Crippen molar-refractivity contribution in [3.63, 3.8) is 0 Å². The number of carbonyl (C=O) groups excluding carboxylic acids is 2. The van der Waals surface area contributed by atoms with Gasteiger partial charge in [0.1, 0.15) is 5.69 Å². The molecule has 0 spiro atoms. The van der Waals surface area contributed by atoms with Crippen LogP contribution in [0, 0.1) is 0 Å². The number of aromatic nitrogens is 1. The number of rotatable bonds is 6. The Morgan fingerprint density at radius 1 is 1.00 bits per heavy atom. The number of benzene rings is 2. The van der Waals surface area contributed by atoms with Crippen molar-refractivity contribution in [2.45, 2.75) is 12.8 Å². The van der Waals surface area contributed by atoms with E-state index in [1.165, 1.54) is 11.3 Å². The summed E-state index contributed by atoms with van der Waals surface area (Å²) in [5.74, 6) is -0.471. The summed E-state index contributed by atoms with van der Waals surface area (Å²) in [7, 11) is 0. The average Bonchev–Trinajstić information content (AvgIpc) is 3.11. The quantitative estimate of drug-likeness (QED) is 0.650. The number of nitrogens with one attached hydrogen (secondary N) is 2. The molecular weight excluding hydrogens is 370 g/mol. The van der Waals surface area contributed by atoms with E-state index in [9.17, 15) is 9.59 Å². The highest BCUT2D eigenvalue weighted by molar-refractivity contribution is 7.14. The third-order valence-electron chi connectivity index (χ3n) is 3.57. The third kappa shape index (κ3) is 5.15. The zero-order chi connectivity index (χ0) is 18.4. The maximum Gasteiger partial charge on any atom is 0.275 e. The number of anilines is 2. The zero-order valence-corrected chi connectivity index (χ0v) is 15.3. The van der Waals surface area contributed by atoms with Gasteiger partial charge in [-0.2, -0.15) is 0 Å². The van der Waals surface area contributed by atoms with E-state index in [2.05, 4.69) is 15.6 Å². The standard InChI is InChI=1S/C19H16ClN3O2S/c20-14-7-9-15(10-8-14)21-18(25)16-12-26-19(22-16)23-17(24)11-6-13-4-2-1-3-5-13/h1-5,7-10,12H,6,11H2,(H,21,25)(H,22,23,24). The van der Waals surface area contributed by atoms with E-state index in [0.29, 0.717) is 28.7 Å². The third-order valence-corrected chi connectivity index (χ3v) is 4.58. The second-order valence-corrected chi connectivity index (χ2v) is 6.83. The van der Waals surface area contributed by atoms with Gasteiger partial charge in [0.15, 0.2) is 5.13 Å². The minimum Gasteiger partial charge on any atom is -0.321 e. The average molecular weight is 386 g/mol. The number of aryl methyl sites for hydroxylation is 1. The van der Waals surface area contributed by atoms with Crippen LogP contribution < -0.4 is 10.6 Å². The Hall–Kier alpha value is -2.70. The van der Waals surface area contributed by atoms with Gasteiger partial charge in [0, 0.05) is 22.5 Å². The molecule has 26 heavy (non-hydrogen) atoms. The molecule has 2 N–H and O–H groups in total. The van der Waals surface area contributed by atoms with Crippen LogP contribution in [-0.2, 0) is 11.2 Å². The van der Waals surface area contributed by atoms with Crippen LogP contribution in [0.1, 0.15) is 22.5 Å². The highest BCUT2D eigenvalue weighted by Gasteiger charge is 2.13. The van der Waals surface area contributed by atoms with E-state index < -0.39 is 0 Å². The molecule has 0 aliphatic heterocycles. The van der Waals surface area contributed by atoms with Gasteiger partial charge in [-0.15, -0.1) is 11.3 Å². The van der Waals surface area contributed by atoms with E-state index in [1.807, 2.05) is 30.3 Å². The Labute approximate surface area is 160 Å². The molecule has 2 aromatic carbocycles.